The van der Waals surface area contributed by atoms with Crippen LogP contribution in [-0.2, 0) is 22.6 Å². The molecule has 0 fully saturated rings. The molecule has 2 amide bonds. The number of hydrogen-bond donors (Lipinski definition) is 1. The van der Waals surface area contributed by atoms with Gasteiger partial charge in [0.2, 0.25) is 17.6 Å². The summed E-state index contributed by atoms with van der Waals surface area (Å²) in [5.74, 6) is 1.96. The summed E-state index contributed by atoms with van der Waals surface area (Å²) in [7, 11) is 6.25. The molecule has 0 aliphatic carbocycles. The topological polar surface area (TPSA) is 130 Å². The Labute approximate surface area is 260 Å². The Hall–Kier alpha value is -4.65. The number of methoxy groups -OCH3 is 4. The van der Waals surface area contributed by atoms with Gasteiger partial charge >= 0.3 is 0 Å². The third kappa shape index (κ3) is 7.84. The van der Waals surface area contributed by atoms with E-state index in [1.165, 1.54) is 16.1 Å². The van der Waals surface area contributed by atoms with E-state index in [1.807, 2.05) is 56.5 Å². The minimum atomic E-state index is -0.865. The van der Waals surface area contributed by atoms with Crippen LogP contribution in [-0.4, -0.2) is 77.4 Å². The molecule has 1 N–H and O–H groups in total. The van der Waals surface area contributed by atoms with Gasteiger partial charge in [-0.2, -0.15) is 4.80 Å². The summed E-state index contributed by atoms with van der Waals surface area (Å²) in [6.45, 7) is 5.73. The van der Waals surface area contributed by atoms with Gasteiger partial charge in [0, 0.05) is 22.5 Å². The van der Waals surface area contributed by atoms with E-state index < -0.39 is 11.6 Å². The zero-order chi connectivity index (χ0) is 31.9. The normalized spacial score (nSPS) is 11.9. The SMILES string of the molecule is COc1ccc(CCN(C(=O)Cn2nnc(-c3ccc(OC)c(OC)c3)n2)[C@H](C(=O)NC(C)(C)C)c2cccs2)cc1OC. The van der Waals surface area contributed by atoms with Gasteiger partial charge in [-0.05, 0) is 79.7 Å². The van der Waals surface area contributed by atoms with Crippen LogP contribution in [0.2, 0.25) is 0 Å². The monoisotopic (exact) mass is 622 g/mol. The van der Waals surface area contributed by atoms with Crippen molar-refractivity contribution in [1.82, 2.24) is 30.4 Å². The quantitative estimate of drug-likeness (QED) is 0.234. The molecular formula is C31H38N6O6S. The smallest absolute Gasteiger partial charge is 0.248 e. The number of amides is 2. The van der Waals surface area contributed by atoms with Crippen LogP contribution in [0.15, 0.2) is 53.9 Å². The number of hydrogen-bond acceptors (Lipinski definition) is 10. The molecule has 0 saturated carbocycles. The molecule has 1 atom stereocenters. The van der Waals surface area contributed by atoms with Crippen molar-refractivity contribution in [3.8, 4) is 34.4 Å². The average molecular weight is 623 g/mol. The molecule has 4 aromatic rings. The minimum Gasteiger partial charge on any atom is -0.493 e. The van der Waals surface area contributed by atoms with Crippen molar-refractivity contribution >= 4 is 23.2 Å². The van der Waals surface area contributed by atoms with Crippen molar-refractivity contribution in [2.24, 2.45) is 0 Å². The Morgan fingerprint density at radius 3 is 2.20 bits per heavy atom. The molecule has 44 heavy (non-hydrogen) atoms. The zero-order valence-corrected chi connectivity index (χ0v) is 26.8. The van der Waals surface area contributed by atoms with Gasteiger partial charge in [0.05, 0.1) is 28.4 Å². The van der Waals surface area contributed by atoms with Crippen molar-refractivity contribution in [2.75, 3.05) is 35.0 Å². The predicted octanol–water partition coefficient (Wildman–Crippen LogP) is 4.16. The predicted molar refractivity (Wildman–Crippen MR) is 166 cm³/mol. The van der Waals surface area contributed by atoms with E-state index >= 15 is 0 Å². The molecule has 234 valence electrons. The third-order valence-electron chi connectivity index (χ3n) is 6.65. The van der Waals surface area contributed by atoms with Crippen LogP contribution in [0.3, 0.4) is 0 Å². The maximum Gasteiger partial charge on any atom is 0.248 e. The maximum atomic E-state index is 14.0. The van der Waals surface area contributed by atoms with E-state index in [1.54, 1.807) is 51.5 Å². The first-order valence-corrected chi connectivity index (χ1v) is 14.8. The molecule has 13 heteroatoms. The van der Waals surface area contributed by atoms with Crippen LogP contribution in [0.1, 0.15) is 37.3 Å². The lowest BCUT2D eigenvalue weighted by atomic mass is 10.1. The second-order valence-corrected chi connectivity index (χ2v) is 11.9. The number of ether oxygens (including phenoxy) is 4. The number of rotatable bonds is 13. The van der Waals surface area contributed by atoms with Crippen molar-refractivity contribution in [1.29, 1.82) is 0 Å². The van der Waals surface area contributed by atoms with E-state index in [9.17, 15) is 9.59 Å². The lowest BCUT2D eigenvalue weighted by Crippen LogP contribution is -2.50. The van der Waals surface area contributed by atoms with E-state index in [4.69, 9.17) is 18.9 Å². The molecule has 4 rings (SSSR count). The van der Waals surface area contributed by atoms with Crippen LogP contribution < -0.4 is 24.3 Å². The maximum absolute atomic E-state index is 14.0. The second kappa shape index (κ2) is 14.2. The summed E-state index contributed by atoms with van der Waals surface area (Å²) >= 11 is 1.41. The summed E-state index contributed by atoms with van der Waals surface area (Å²) in [5, 5.41) is 17.7. The van der Waals surface area contributed by atoms with Crippen LogP contribution in [0.25, 0.3) is 11.4 Å². The van der Waals surface area contributed by atoms with Crippen molar-refractivity contribution < 1.29 is 28.5 Å². The standard InChI is InChI=1S/C31H38N6O6S/c1-31(2,3)32-30(39)28(26-9-8-16-44-26)36(15-14-20-10-12-22(40-4)24(17-20)42-6)27(38)19-37-34-29(33-35-37)21-11-13-23(41-5)25(18-21)43-7/h8-13,16-18,28H,14-15,19H2,1-7H3,(H,32,39)/t28-/m0/s1. The van der Waals surface area contributed by atoms with Crippen molar-refractivity contribution in [2.45, 2.75) is 45.3 Å². The molecule has 12 nitrogen and oxygen atoms in total. The molecule has 0 aliphatic rings. The number of nitrogens with one attached hydrogen (secondary N) is 1. The summed E-state index contributed by atoms with van der Waals surface area (Å²) in [4.78, 5) is 31.3. The lowest BCUT2D eigenvalue weighted by molar-refractivity contribution is -0.142. The molecule has 0 unspecified atom stereocenters. The van der Waals surface area contributed by atoms with Crippen LogP contribution in [0, 0.1) is 0 Å². The molecular weight excluding hydrogens is 584 g/mol. The highest BCUT2D eigenvalue weighted by molar-refractivity contribution is 7.10. The Bertz CT molecular complexity index is 1570. The molecule has 0 radical (unpaired) electrons. The molecule has 2 heterocycles. The van der Waals surface area contributed by atoms with E-state index in [0.29, 0.717) is 40.8 Å². The number of tetrazole rings is 1. The Morgan fingerprint density at radius 1 is 0.932 bits per heavy atom. The van der Waals surface area contributed by atoms with Gasteiger partial charge in [-0.15, -0.1) is 21.5 Å². The molecule has 0 spiro atoms. The first kappa shape index (κ1) is 32.3. The summed E-state index contributed by atoms with van der Waals surface area (Å²) in [6.07, 6.45) is 0.457. The lowest BCUT2D eigenvalue weighted by Gasteiger charge is -2.33. The fourth-order valence-corrected chi connectivity index (χ4v) is 5.44. The van der Waals surface area contributed by atoms with Crippen molar-refractivity contribution in [3.63, 3.8) is 0 Å². The molecule has 2 aromatic heterocycles. The highest BCUT2D eigenvalue weighted by Gasteiger charge is 2.34. The second-order valence-electron chi connectivity index (χ2n) is 10.9. The molecule has 0 aliphatic heterocycles. The van der Waals surface area contributed by atoms with E-state index in [0.717, 1.165) is 10.4 Å². The van der Waals surface area contributed by atoms with Gasteiger partial charge in [0.1, 0.15) is 12.6 Å². The number of nitrogens with zero attached hydrogens (tertiary/aromatic N) is 5. The van der Waals surface area contributed by atoms with Gasteiger partial charge in [0.25, 0.3) is 0 Å². The van der Waals surface area contributed by atoms with Crippen molar-refractivity contribution in [3.05, 3.63) is 64.4 Å². The van der Waals surface area contributed by atoms with Crippen LogP contribution >= 0.6 is 11.3 Å². The highest BCUT2D eigenvalue weighted by atomic mass is 32.1. The number of aromatic nitrogens is 4. The van der Waals surface area contributed by atoms with Crippen LogP contribution in [0.4, 0.5) is 0 Å². The number of carbonyl (C=O) groups excluding carboxylic acids is 2. The number of carbonyl (C=O) groups is 2. The van der Waals surface area contributed by atoms with Gasteiger partial charge in [-0.3, -0.25) is 9.59 Å². The highest BCUT2D eigenvalue weighted by Crippen LogP contribution is 2.32. The average Bonchev–Trinajstić information content (AvgIpc) is 3.70. The third-order valence-corrected chi connectivity index (χ3v) is 7.58. The van der Waals surface area contributed by atoms with E-state index in [2.05, 4.69) is 20.7 Å². The minimum absolute atomic E-state index is 0.225. The van der Waals surface area contributed by atoms with E-state index in [-0.39, 0.29) is 24.9 Å². The van der Waals surface area contributed by atoms with Gasteiger partial charge < -0.3 is 29.2 Å². The molecule has 0 saturated heterocycles. The Morgan fingerprint density at radius 2 is 1.59 bits per heavy atom. The first-order valence-electron chi connectivity index (χ1n) is 13.9. The van der Waals surface area contributed by atoms with Gasteiger partial charge in [0.15, 0.2) is 23.0 Å². The molecule has 0 bridgehead atoms. The molecule has 2 aromatic carbocycles. The summed E-state index contributed by atoms with van der Waals surface area (Å²) < 4.78 is 21.5. The number of thiophene rings is 1. The largest absolute Gasteiger partial charge is 0.493 e. The van der Waals surface area contributed by atoms with Gasteiger partial charge in [-0.25, -0.2) is 0 Å². The Balaban J connectivity index is 1.64. The summed E-state index contributed by atoms with van der Waals surface area (Å²) in [6, 6.07) is 13.7. The first-order chi connectivity index (χ1) is 21.1. The fraction of sp³-hybridized carbons (Fsp3) is 0.387. The zero-order valence-electron chi connectivity index (χ0n) is 26.0. The Kier molecular flexibility index (Phi) is 10.4. The van der Waals surface area contributed by atoms with Crippen LogP contribution in [0.5, 0.6) is 23.0 Å². The summed E-state index contributed by atoms with van der Waals surface area (Å²) in [5.41, 5.74) is 1.05. The van der Waals surface area contributed by atoms with Gasteiger partial charge in [-0.1, -0.05) is 12.1 Å². The number of benzene rings is 2. The fourth-order valence-electron chi connectivity index (χ4n) is 4.61.